The molecule has 0 radical (unpaired) electrons. The van der Waals surface area contributed by atoms with E-state index in [9.17, 15) is 9.59 Å². The number of carbonyl (C=O) groups is 2. The van der Waals surface area contributed by atoms with Gasteiger partial charge in [-0.15, -0.1) is 0 Å². The van der Waals surface area contributed by atoms with Gasteiger partial charge in [0.15, 0.2) is 0 Å². The van der Waals surface area contributed by atoms with Crippen molar-refractivity contribution in [2.24, 2.45) is 0 Å². The number of carboxylic acid groups (broad SMARTS) is 1. The Kier molecular flexibility index (Phi) is 4.66. The molecule has 2 N–H and O–H groups in total. The summed E-state index contributed by atoms with van der Waals surface area (Å²) in [4.78, 5) is 26.5. The van der Waals surface area contributed by atoms with Crippen molar-refractivity contribution in [1.82, 2.24) is 4.98 Å². The lowest BCUT2D eigenvalue weighted by Crippen LogP contribution is -2.13. The number of rotatable bonds is 5. The van der Waals surface area contributed by atoms with E-state index in [1.54, 1.807) is 0 Å². The molecule has 2 rings (SSSR count). The fourth-order valence-electron chi connectivity index (χ4n) is 1.86. The van der Waals surface area contributed by atoms with Crippen molar-refractivity contribution in [3.8, 4) is 0 Å². The summed E-state index contributed by atoms with van der Waals surface area (Å²) in [6.45, 7) is 2.01. The number of aryl methyl sites for hydroxylation is 2. The minimum Gasteiger partial charge on any atom is -0.478 e. The van der Waals surface area contributed by atoms with Crippen LogP contribution in [0.25, 0.3) is 0 Å². The second-order valence-electron chi connectivity index (χ2n) is 4.80. The third kappa shape index (κ3) is 4.42. The standard InChI is InChI=1S/C16H16N2O3/c1-11-2-4-12(5-3-11)6-7-15(19)18-14-8-13(16(20)21)9-17-10-14/h2-5,8-10H,6-7H2,1H3,(H,18,19)(H,20,21). The fraction of sp³-hybridized carbons (Fsp3) is 0.188. The number of nitrogens with zero attached hydrogens (tertiary/aromatic N) is 1. The quantitative estimate of drug-likeness (QED) is 0.884. The van der Waals surface area contributed by atoms with Crippen molar-refractivity contribution in [2.75, 3.05) is 5.32 Å². The summed E-state index contributed by atoms with van der Waals surface area (Å²) in [5, 5.41) is 11.5. The summed E-state index contributed by atoms with van der Waals surface area (Å²) in [5.74, 6) is -1.24. The maximum atomic E-state index is 11.8. The Hall–Kier alpha value is -2.69. The van der Waals surface area contributed by atoms with E-state index in [0.29, 0.717) is 18.5 Å². The molecule has 0 saturated heterocycles. The third-order valence-corrected chi connectivity index (χ3v) is 3.03. The van der Waals surface area contributed by atoms with Crippen LogP contribution in [0.3, 0.4) is 0 Å². The van der Waals surface area contributed by atoms with Gasteiger partial charge in [0, 0.05) is 12.6 Å². The molecule has 1 heterocycles. The van der Waals surface area contributed by atoms with Crippen LogP contribution in [0.2, 0.25) is 0 Å². The maximum absolute atomic E-state index is 11.8. The first kappa shape index (κ1) is 14.7. The average molecular weight is 284 g/mol. The predicted molar refractivity (Wildman–Crippen MR) is 79.3 cm³/mol. The highest BCUT2D eigenvalue weighted by atomic mass is 16.4. The van der Waals surface area contributed by atoms with Crippen LogP contribution in [0.15, 0.2) is 42.7 Å². The first-order chi connectivity index (χ1) is 10.0. The lowest BCUT2D eigenvalue weighted by molar-refractivity contribution is -0.116. The van der Waals surface area contributed by atoms with Crippen LogP contribution in [0.5, 0.6) is 0 Å². The normalized spacial score (nSPS) is 10.1. The summed E-state index contributed by atoms with van der Waals surface area (Å²) in [6, 6.07) is 9.39. The molecule has 0 bridgehead atoms. The van der Waals surface area contributed by atoms with Gasteiger partial charge in [-0.2, -0.15) is 0 Å². The number of amides is 1. The van der Waals surface area contributed by atoms with Crippen molar-refractivity contribution in [2.45, 2.75) is 19.8 Å². The zero-order valence-corrected chi connectivity index (χ0v) is 11.7. The lowest BCUT2D eigenvalue weighted by Gasteiger charge is -2.06. The largest absolute Gasteiger partial charge is 0.478 e. The molecule has 108 valence electrons. The number of benzene rings is 1. The molecular formula is C16H16N2O3. The van der Waals surface area contributed by atoms with Gasteiger partial charge in [-0.1, -0.05) is 29.8 Å². The highest BCUT2D eigenvalue weighted by molar-refractivity contribution is 5.93. The van der Waals surface area contributed by atoms with E-state index in [2.05, 4.69) is 10.3 Å². The number of hydrogen-bond acceptors (Lipinski definition) is 3. The number of aromatic carboxylic acids is 1. The van der Waals surface area contributed by atoms with Gasteiger partial charge in [0.1, 0.15) is 0 Å². The fourth-order valence-corrected chi connectivity index (χ4v) is 1.86. The van der Waals surface area contributed by atoms with E-state index in [0.717, 1.165) is 5.56 Å². The molecule has 5 heteroatoms. The predicted octanol–water partition coefficient (Wildman–Crippen LogP) is 2.66. The Morgan fingerprint density at radius 3 is 2.57 bits per heavy atom. The van der Waals surface area contributed by atoms with Gasteiger partial charge in [0.25, 0.3) is 0 Å². The van der Waals surface area contributed by atoms with Crippen molar-refractivity contribution < 1.29 is 14.7 Å². The second-order valence-corrected chi connectivity index (χ2v) is 4.80. The van der Waals surface area contributed by atoms with Crippen LogP contribution in [0.4, 0.5) is 5.69 Å². The first-order valence-electron chi connectivity index (χ1n) is 6.58. The average Bonchev–Trinajstić information content (AvgIpc) is 2.47. The van der Waals surface area contributed by atoms with Crippen molar-refractivity contribution in [3.63, 3.8) is 0 Å². The van der Waals surface area contributed by atoms with Crippen LogP contribution < -0.4 is 5.32 Å². The number of hydrogen-bond donors (Lipinski definition) is 2. The molecule has 0 fully saturated rings. The Morgan fingerprint density at radius 2 is 1.90 bits per heavy atom. The summed E-state index contributed by atoms with van der Waals surface area (Å²) in [5.41, 5.74) is 2.71. The van der Waals surface area contributed by atoms with E-state index in [1.165, 1.54) is 24.0 Å². The molecule has 21 heavy (non-hydrogen) atoms. The molecule has 0 aliphatic carbocycles. The van der Waals surface area contributed by atoms with Gasteiger partial charge in [-0.3, -0.25) is 9.78 Å². The minimum absolute atomic E-state index is 0.0475. The lowest BCUT2D eigenvalue weighted by atomic mass is 10.1. The van der Waals surface area contributed by atoms with Crippen molar-refractivity contribution >= 4 is 17.6 Å². The highest BCUT2D eigenvalue weighted by Crippen LogP contribution is 2.10. The summed E-state index contributed by atoms with van der Waals surface area (Å²) < 4.78 is 0. The molecule has 0 unspecified atom stereocenters. The third-order valence-electron chi connectivity index (χ3n) is 3.03. The van der Waals surface area contributed by atoms with Gasteiger partial charge >= 0.3 is 5.97 Å². The number of nitrogens with one attached hydrogen (secondary N) is 1. The SMILES string of the molecule is Cc1ccc(CCC(=O)Nc2cncc(C(=O)O)c2)cc1. The first-order valence-corrected chi connectivity index (χ1v) is 6.58. The highest BCUT2D eigenvalue weighted by Gasteiger charge is 2.07. The molecule has 0 spiro atoms. The van der Waals surface area contributed by atoms with Crippen molar-refractivity contribution in [1.29, 1.82) is 0 Å². The molecule has 1 aromatic carbocycles. The maximum Gasteiger partial charge on any atom is 0.337 e. The van der Waals surface area contributed by atoms with Gasteiger partial charge in [0.05, 0.1) is 17.4 Å². The van der Waals surface area contributed by atoms with Crippen LogP contribution in [0, 0.1) is 6.92 Å². The van der Waals surface area contributed by atoms with E-state index >= 15 is 0 Å². The number of anilines is 1. The van der Waals surface area contributed by atoms with Gasteiger partial charge in [-0.05, 0) is 25.0 Å². The topological polar surface area (TPSA) is 79.3 Å². The molecular weight excluding hydrogens is 268 g/mol. The molecule has 0 saturated carbocycles. The van der Waals surface area contributed by atoms with E-state index in [4.69, 9.17) is 5.11 Å². The Balaban J connectivity index is 1.91. The number of pyridine rings is 1. The van der Waals surface area contributed by atoms with Gasteiger partial charge in [-0.25, -0.2) is 4.79 Å². The summed E-state index contributed by atoms with van der Waals surface area (Å²) in [7, 11) is 0. The van der Waals surface area contributed by atoms with E-state index in [1.807, 2.05) is 31.2 Å². The Bertz CT molecular complexity index is 651. The van der Waals surface area contributed by atoms with Gasteiger partial charge in [0.2, 0.25) is 5.91 Å². The molecule has 0 atom stereocenters. The minimum atomic E-state index is -1.07. The monoisotopic (exact) mass is 284 g/mol. The van der Waals surface area contributed by atoms with Crippen LogP contribution in [0.1, 0.15) is 27.9 Å². The molecule has 0 aliphatic heterocycles. The zero-order valence-electron chi connectivity index (χ0n) is 11.7. The molecule has 0 aliphatic rings. The van der Waals surface area contributed by atoms with Crippen LogP contribution >= 0.6 is 0 Å². The Labute approximate surface area is 122 Å². The van der Waals surface area contributed by atoms with Crippen molar-refractivity contribution in [3.05, 3.63) is 59.4 Å². The number of carboxylic acids is 1. The number of aromatic nitrogens is 1. The second kappa shape index (κ2) is 6.65. The van der Waals surface area contributed by atoms with Crippen LogP contribution in [-0.2, 0) is 11.2 Å². The van der Waals surface area contributed by atoms with Gasteiger partial charge < -0.3 is 10.4 Å². The molecule has 2 aromatic rings. The summed E-state index contributed by atoms with van der Waals surface area (Å²) in [6.07, 6.45) is 3.64. The smallest absolute Gasteiger partial charge is 0.337 e. The summed E-state index contributed by atoms with van der Waals surface area (Å²) >= 11 is 0. The molecule has 1 aromatic heterocycles. The van der Waals surface area contributed by atoms with E-state index < -0.39 is 5.97 Å². The molecule has 1 amide bonds. The van der Waals surface area contributed by atoms with E-state index in [-0.39, 0.29) is 11.5 Å². The van der Waals surface area contributed by atoms with Crippen LogP contribution in [-0.4, -0.2) is 22.0 Å². The Morgan fingerprint density at radius 1 is 1.19 bits per heavy atom. The number of carbonyl (C=O) groups excluding carboxylic acids is 1. The molecule has 5 nitrogen and oxygen atoms in total. The zero-order chi connectivity index (χ0) is 15.2.